The molecule has 7 nitrogen and oxygen atoms in total. The Labute approximate surface area is 260 Å². The van der Waals surface area contributed by atoms with E-state index < -0.39 is 19.3 Å². The normalized spacial score (nSPS) is 11.5. The Kier molecular flexibility index (Phi) is 8.09. The number of hydrogen-bond donors (Lipinski definition) is 3. The molecule has 0 bridgehead atoms. The molecule has 1 heterocycles. The molecule has 6 aromatic rings. The van der Waals surface area contributed by atoms with E-state index >= 15 is 0 Å². The van der Waals surface area contributed by atoms with Gasteiger partial charge in [-0.1, -0.05) is 91.0 Å². The fourth-order valence-electron chi connectivity index (χ4n) is 6.01. The van der Waals surface area contributed by atoms with Gasteiger partial charge in [-0.25, -0.2) is 0 Å². The van der Waals surface area contributed by atoms with Gasteiger partial charge in [0.05, 0.1) is 10.9 Å². The predicted molar refractivity (Wildman–Crippen MR) is 178 cm³/mol. The molecule has 8 heteroatoms. The summed E-state index contributed by atoms with van der Waals surface area (Å²) in [5.74, 6) is -1.94. The van der Waals surface area contributed by atoms with E-state index in [-0.39, 0.29) is 17.3 Å². The number of amides is 1. The van der Waals surface area contributed by atoms with Crippen molar-refractivity contribution in [3.8, 4) is 22.3 Å². The zero-order valence-electron chi connectivity index (χ0n) is 24.6. The van der Waals surface area contributed by atoms with Crippen LogP contribution in [0.3, 0.4) is 0 Å². The molecular formula is C37H31N2O5P. The lowest BCUT2D eigenvalue weighted by Gasteiger charge is -2.14. The van der Waals surface area contributed by atoms with Crippen LogP contribution in [-0.2, 0) is 22.3 Å². The second-order valence-electron chi connectivity index (χ2n) is 11.1. The number of hydrogen-bond acceptors (Lipinski definition) is 3. The van der Waals surface area contributed by atoms with Crippen LogP contribution in [0, 0.1) is 6.92 Å². The van der Waals surface area contributed by atoms with Crippen molar-refractivity contribution >= 4 is 35.4 Å². The first kappa shape index (κ1) is 30.0. The van der Waals surface area contributed by atoms with Gasteiger partial charge in [0.15, 0.2) is 0 Å². The van der Waals surface area contributed by atoms with Crippen LogP contribution in [-0.4, -0.2) is 26.0 Å². The summed E-state index contributed by atoms with van der Waals surface area (Å²) >= 11 is 0. The summed E-state index contributed by atoms with van der Waals surface area (Å²) in [5.41, 5.74) is 12.2. The minimum absolute atomic E-state index is 0.0172. The molecule has 0 radical (unpaired) electrons. The van der Waals surface area contributed by atoms with Crippen molar-refractivity contribution in [2.45, 2.75) is 19.9 Å². The van der Waals surface area contributed by atoms with Gasteiger partial charge in [-0.15, -0.1) is 0 Å². The molecule has 0 aliphatic carbocycles. The maximum Gasteiger partial charge on any atom is 0.356 e. The highest BCUT2D eigenvalue weighted by Gasteiger charge is 2.28. The van der Waals surface area contributed by atoms with Crippen molar-refractivity contribution in [3.63, 3.8) is 0 Å². The zero-order chi connectivity index (χ0) is 31.7. The highest BCUT2D eigenvalue weighted by molar-refractivity contribution is 7.60. The van der Waals surface area contributed by atoms with Gasteiger partial charge in [0, 0.05) is 24.9 Å². The van der Waals surface area contributed by atoms with Gasteiger partial charge in [0.1, 0.15) is 0 Å². The molecule has 224 valence electrons. The van der Waals surface area contributed by atoms with E-state index in [0.717, 1.165) is 33.2 Å². The molecule has 0 aliphatic rings. The van der Waals surface area contributed by atoms with E-state index in [1.807, 2.05) is 53.1 Å². The summed E-state index contributed by atoms with van der Waals surface area (Å²) in [4.78, 5) is 45.9. The molecule has 5 aromatic carbocycles. The number of nitrogens with zero attached hydrogens (tertiary/aromatic N) is 1. The van der Waals surface area contributed by atoms with E-state index in [4.69, 9.17) is 5.73 Å². The zero-order valence-corrected chi connectivity index (χ0v) is 25.4. The van der Waals surface area contributed by atoms with Gasteiger partial charge in [0.2, 0.25) is 0 Å². The van der Waals surface area contributed by atoms with Gasteiger partial charge in [-0.3, -0.25) is 14.2 Å². The number of aromatic nitrogens is 1. The average molecular weight is 615 g/mol. The third-order valence-corrected chi connectivity index (χ3v) is 9.18. The van der Waals surface area contributed by atoms with Crippen molar-refractivity contribution in [1.82, 2.24) is 4.57 Å². The second-order valence-corrected chi connectivity index (χ2v) is 12.7. The van der Waals surface area contributed by atoms with Gasteiger partial charge in [-0.2, -0.15) is 0 Å². The number of rotatable bonds is 9. The summed E-state index contributed by atoms with van der Waals surface area (Å²) in [6.45, 7) is 2.14. The number of carbonyl (C=O) groups excluding carboxylic acids is 2. The van der Waals surface area contributed by atoms with Crippen LogP contribution >= 0.6 is 7.60 Å². The number of carbonyl (C=O) groups is 2. The third-order valence-electron chi connectivity index (χ3n) is 8.13. The summed E-state index contributed by atoms with van der Waals surface area (Å²) in [5, 5.41) is 1.34. The van der Waals surface area contributed by atoms with Crippen LogP contribution in [0.1, 0.15) is 32.7 Å². The third kappa shape index (κ3) is 6.15. The van der Waals surface area contributed by atoms with E-state index in [0.29, 0.717) is 28.8 Å². The van der Waals surface area contributed by atoms with Gasteiger partial charge in [-0.05, 0) is 80.9 Å². The summed E-state index contributed by atoms with van der Waals surface area (Å²) in [7, 11) is -4.67. The van der Waals surface area contributed by atoms with Crippen LogP contribution in [0.15, 0.2) is 121 Å². The molecule has 0 fully saturated rings. The van der Waals surface area contributed by atoms with E-state index in [9.17, 15) is 23.9 Å². The minimum Gasteiger partial charge on any atom is -0.363 e. The lowest BCUT2D eigenvalue weighted by Crippen LogP contribution is -2.25. The first-order chi connectivity index (χ1) is 21.6. The number of nitrogens with two attached hydrogens (primary N) is 1. The fraction of sp³-hybridized carbons (Fsp3) is 0.0811. The molecule has 45 heavy (non-hydrogen) atoms. The van der Waals surface area contributed by atoms with Gasteiger partial charge >= 0.3 is 7.60 Å². The molecule has 1 amide bonds. The number of benzene rings is 5. The van der Waals surface area contributed by atoms with E-state index in [2.05, 4.69) is 42.5 Å². The Morgan fingerprint density at radius 1 is 0.756 bits per heavy atom. The van der Waals surface area contributed by atoms with Crippen LogP contribution in [0.2, 0.25) is 0 Å². The van der Waals surface area contributed by atoms with Crippen LogP contribution in [0.4, 0.5) is 0 Å². The van der Waals surface area contributed by atoms with E-state index in [1.165, 1.54) is 6.07 Å². The van der Waals surface area contributed by atoms with Gasteiger partial charge in [0.25, 0.3) is 11.7 Å². The molecule has 0 aliphatic heterocycles. The first-order valence-corrected chi connectivity index (χ1v) is 16.1. The van der Waals surface area contributed by atoms with Crippen molar-refractivity contribution in [2.75, 3.05) is 0 Å². The molecule has 0 atom stereocenters. The quantitative estimate of drug-likeness (QED) is 0.0989. The van der Waals surface area contributed by atoms with Crippen molar-refractivity contribution in [2.24, 2.45) is 5.73 Å². The molecule has 4 N–H and O–H groups in total. The monoisotopic (exact) mass is 614 g/mol. The smallest absolute Gasteiger partial charge is 0.356 e. The van der Waals surface area contributed by atoms with Crippen LogP contribution in [0.25, 0.3) is 33.0 Å². The van der Waals surface area contributed by atoms with Crippen molar-refractivity contribution < 1.29 is 23.9 Å². The molecule has 0 saturated carbocycles. The standard InChI is InChI=1S/C37H31N2O5P/c1-24-35(36(40)37(38)41)31(21-33-32-15-9-8-14-28(32)16-17-34(33)45(42,43)44)23-39(24)22-25-18-29(26-10-4-2-5-11-26)20-30(19-25)27-12-6-3-7-13-27/h2-20,23H,21-22H2,1H3,(H2,38,41)(H2,42,43,44). The Morgan fingerprint density at radius 3 is 1.91 bits per heavy atom. The lowest BCUT2D eigenvalue weighted by molar-refractivity contribution is -0.114. The number of fused-ring (bicyclic) bond motifs is 1. The Hall–Kier alpha value is -5.07. The maximum absolute atomic E-state index is 13.2. The van der Waals surface area contributed by atoms with Crippen molar-refractivity contribution in [3.05, 3.63) is 149 Å². The lowest BCUT2D eigenvalue weighted by atomic mass is 9.95. The number of Topliss-reactive ketones (excluding diaryl/α,β-unsaturated/α-hetero) is 1. The first-order valence-electron chi connectivity index (χ1n) is 14.4. The minimum atomic E-state index is -4.67. The second kappa shape index (κ2) is 12.1. The Bertz CT molecular complexity index is 2060. The number of ketones is 1. The summed E-state index contributed by atoms with van der Waals surface area (Å²) < 4.78 is 14.5. The summed E-state index contributed by atoms with van der Waals surface area (Å²) in [6, 6.07) is 36.9. The van der Waals surface area contributed by atoms with E-state index in [1.54, 1.807) is 31.3 Å². The summed E-state index contributed by atoms with van der Waals surface area (Å²) in [6.07, 6.45) is 1.80. The van der Waals surface area contributed by atoms with Gasteiger partial charge < -0.3 is 20.1 Å². The molecule has 0 unspecified atom stereocenters. The molecule has 0 saturated heterocycles. The molecule has 0 spiro atoms. The Morgan fingerprint density at radius 2 is 1.33 bits per heavy atom. The molecular weight excluding hydrogens is 583 g/mol. The maximum atomic E-state index is 13.2. The number of primary amides is 1. The molecule has 6 rings (SSSR count). The predicted octanol–water partition coefficient (Wildman–Crippen LogP) is 6.39. The largest absolute Gasteiger partial charge is 0.363 e. The average Bonchev–Trinajstić information content (AvgIpc) is 3.34. The highest BCUT2D eigenvalue weighted by Crippen LogP contribution is 2.38. The van der Waals surface area contributed by atoms with Crippen molar-refractivity contribution in [1.29, 1.82) is 0 Å². The molecule has 1 aromatic heterocycles. The Balaban J connectivity index is 1.49. The SMILES string of the molecule is Cc1c(C(=O)C(N)=O)c(Cc2c(P(=O)(O)O)ccc3ccccc23)cn1Cc1cc(-c2ccccc2)cc(-c2ccccc2)c1. The van der Waals surface area contributed by atoms with Crippen LogP contribution < -0.4 is 11.0 Å². The topological polar surface area (TPSA) is 123 Å². The highest BCUT2D eigenvalue weighted by atomic mass is 31.2. The van der Waals surface area contributed by atoms with Crippen LogP contribution in [0.5, 0.6) is 0 Å². The fourth-order valence-corrected chi connectivity index (χ4v) is 6.83.